The third kappa shape index (κ3) is 0.477. The van der Waals surface area contributed by atoms with Gasteiger partial charge in [-0.2, -0.15) is 0 Å². The van der Waals surface area contributed by atoms with E-state index >= 15 is 0 Å². The maximum absolute atomic E-state index is 9.08. The lowest BCUT2D eigenvalue weighted by atomic mass is 9.72. The van der Waals surface area contributed by atoms with Crippen molar-refractivity contribution in [3.8, 4) is 0 Å². The van der Waals surface area contributed by atoms with Gasteiger partial charge in [0.25, 0.3) is 0 Å². The molecule has 4 fully saturated rings. The summed E-state index contributed by atoms with van der Waals surface area (Å²) < 4.78 is 0. The predicted octanol–water partition coefficient (Wildman–Crippen LogP) is 2.05. The first-order valence-electron chi connectivity index (χ1n) is 5.25. The number of hydrogen-bond donors (Lipinski definition) is 1. The summed E-state index contributed by atoms with van der Waals surface area (Å²) in [6.45, 7) is 5.27. The molecule has 4 aliphatic rings. The summed E-state index contributed by atoms with van der Waals surface area (Å²) in [6, 6.07) is 0. The predicted molar refractivity (Wildman–Crippen MR) is 47.6 cm³/mol. The first-order chi connectivity index (χ1) is 5.64. The molecular weight excluding hydrogens is 148 g/mol. The maximum atomic E-state index is 9.08. The minimum absolute atomic E-state index is 0.391. The molecular formula is C11H18O. The second-order valence-corrected chi connectivity index (χ2v) is 5.56. The van der Waals surface area contributed by atoms with Crippen LogP contribution in [0.1, 0.15) is 33.1 Å². The van der Waals surface area contributed by atoms with Crippen molar-refractivity contribution in [1.82, 2.24) is 0 Å². The third-order valence-corrected chi connectivity index (χ3v) is 5.76. The van der Waals surface area contributed by atoms with Crippen LogP contribution in [0.15, 0.2) is 0 Å². The standard InChI is InChI=1S/C11H18O/c1-10(3-4-12)7-5-8-9(6-7)11(8,10)2/h7-9,12H,3-6H2,1-2H3/t7?,8-,9+,10-,11?/m1/s1. The van der Waals surface area contributed by atoms with Crippen molar-refractivity contribution < 1.29 is 5.11 Å². The van der Waals surface area contributed by atoms with Crippen molar-refractivity contribution in [2.75, 3.05) is 6.61 Å². The van der Waals surface area contributed by atoms with E-state index in [4.69, 9.17) is 5.11 Å². The molecule has 0 radical (unpaired) electrons. The minimum atomic E-state index is 0.391. The lowest BCUT2D eigenvalue weighted by Crippen LogP contribution is -2.28. The summed E-state index contributed by atoms with van der Waals surface area (Å²) >= 11 is 0. The van der Waals surface area contributed by atoms with Crippen molar-refractivity contribution >= 4 is 0 Å². The van der Waals surface area contributed by atoms with Gasteiger partial charge in [0.15, 0.2) is 0 Å². The molecule has 0 heterocycles. The Bertz CT molecular complexity index is 223. The molecule has 4 saturated carbocycles. The second kappa shape index (κ2) is 1.75. The monoisotopic (exact) mass is 166 g/mol. The van der Waals surface area contributed by atoms with Crippen LogP contribution < -0.4 is 0 Å². The van der Waals surface area contributed by atoms with Gasteiger partial charge in [0.05, 0.1) is 0 Å². The third-order valence-electron chi connectivity index (χ3n) is 5.76. The lowest BCUT2D eigenvalue weighted by Gasteiger charge is -2.33. The van der Waals surface area contributed by atoms with E-state index in [2.05, 4.69) is 13.8 Å². The summed E-state index contributed by atoms with van der Waals surface area (Å²) in [5.41, 5.74) is 1.14. The molecule has 0 saturated heterocycles. The zero-order chi connectivity index (χ0) is 8.56. The molecule has 1 N–H and O–H groups in total. The van der Waals surface area contributed by atoms with E-state index in [-0.39, 0.29) is 0 Å². The average molecular weight is 166 g/mol. The van der Waals surface area contributed by atoms with Crippen LogP contribution in [0.3, 0.4) is 0 Å². The zero-order valence-electron chi connectivity index (χ0n) is 8.01. The van der Waals surface area contributed by atoms with Gasteiger partial charge in [-0.3, -0.25) is 0 Å². The molecule has 0 spiro atoms. The van der Waals surface area contributed by atoms with Crippen molar-refractivity contribution in [1.29, 1.82) is 0 Å². The molecule has 12 heavy (non-hydrogen) atoms. The molecule has 0 amide bonds. The van der Waals surface area contributed by atoms with Crippen LogP contribution in [-0.2, 0) is 0 Å². The van der Waals surface area contributed by atoms with Crippen LogP contribution in [0.4, 0.5) is 0 Å². The molecule has 4 bridgehead atoms. The summed E-state index contributed by atoms with van der Waals surface area (Å²) in [7, 11) is 0. The summed E-state index contributed by atoms with van der Waals surface area (Å²) in [5, 5.41) is 9.08. The Hall–Kier alpha value is -0.0400. The van der Waals surface area contributed by atoms with Crippen LogP contribution >= 0.6 is 0 Å². The fourth-order valence-electron chi connectivity index (χ4n) is 4.74. The minimum Gasteiger partial charge on any atom is -0.396 e. The normalized spacial score (nSPS) is 65.8. The lowest BCUT2D eigenvalue weighted by molar-refractivity contribution is 0.113. The Balaban J connectivity index is 1.97. The molecule has 0 aromatic rings. The van der Waals surface area contributed by atoms with E-state index in [9.17, 15) is 0 Å². The highest BCUT2D eigenvalue weighted by molar-refractivity contribution is 5.28. The number of hydrogen-bond acceptors (Lipinski definition) is 1. The van der Waals surface area contributed by atoms with Crippen LogP contribution in [0.5, 0.6) is 0 Å². The van der Waals surface area contributed by atoms with Crippen molar-refractivity contribution in [3.05, 3.63) is 0 Å². The molecule has 0 aromatic carbocycles. The van der Waals surface area contributed by atoms with Gasteiger partial charge in [-0.1, -0.05) is 13.8 Å². The summed E-state index contributed by atoms with van der Waals surface area (Å²) in [4.78, 5) is 0. The Morgan fingerprint density at radius 3 is 2.17 bits per heavy atom. The molecule has 1 heteroatoms. The first kappa shape index (κ1) is 7.37. The SMILES string of the molecule is CC12[C@@H]3CC(C[C@@H]31)[C@@]2(C)CCO. The van der Waals surface area contributed by atoms with Crippen molar-refractivity contribution in [2.24, 2.45) is 28.6 Å². The van der Waals surface area contributed by atoms with Crippen LogP contribution in [0.2, 0.25) is 0 Å². The fraction of sp³-hybridized carbons (Fsp3) is 1.00. The molecule has 2 unspecified atom stereocenters. The number of aliphatic hydroxyl groups is 1. The van der Waals surface area contributed by atoms with Gasteiger partial charge in [0, 0.05) is 6.61 Å². The second-order valence-electron chi connectivity index (χ2n) is 5.56. The van der Waals surface area contributed by atoms with Gasteiger partial charge < -0.3 is 5.11 Å². The van der Waals surface area contributed by atoms with Gasteiger partial charge in [-0.15, -0.1) is 0 Å². The number of aliphatic hydroxyl groups excluding tert-OH is 1. The summed E-state index contributed by atoms with van der Waals surface area (Å²) in [5.74, 6) is 3.03. The topological polar surface area (TPSA) is 20.2 Å². The van der Waals surface area contributed by atoms with Gasteiger partial charge >= 0.3 is 0 Å². The van der Waals surface area contributed by atoms with Gasteiger partial charge in [-0.25, -0.2) is 0 Å². The Kier molecular flexibility index (Phi) is 1.07. The van der Waals surface area contributed by atoms with E-state index in [0.29, 0.717) is 17.4 Å². The average Bonchev–Trinajstić information content (AvgIpc) is 2.41. The summed E-state index contributed by atoms with van der Waals surface area (Å²) in [6.07, 6.45) is 3.98. The van der Waals surface area contributed by atoms with Gasteiger partial charge in [0.1, 0.15) is 0 Å². The molecule has 0 aromatic heterocycles. The smallest absolute Gasteiger partial charge is 0.0436 e. The van der Waals surface area contributed by atoms with E-state index in [1.54, 1.807) is 0 Å². The number of rotatable bonds is 2. The molecule has 5 atom stereocenters. The maximum Gasteiger partial charge on any atom is 0.0436 e. The molecule has 4 aliphatic carbocycles. The van der Waals surface area contributed by atoms with E-state index < -0.39 is 0 Å². The highest BCUT2D eigenvalue weighted by Gasteiger charge is 2.80. The highest BCUT2D eigenvalue weighted by Crippen LogP contribution is 2.86. The van der Waals surface area contributed by atoms with E-state index in [1.807, 2.05) is 0 Å². The molecule has 68 valence electrons. The molecule has 1 nitrogen and oxygen atoms in total. The van der Waals surface area contributed by atoms with E-state index in [0.717, 1.165) is 24.2 Å². The fourth-order valence-corrected chi connectivity index (χ4v) is 4.74. The van der Waals surface area contributed by atoms with Crippen LogP contribution in [-0.4, -0.2) is 11.7 Å². The quantitative estimate of drug-likeness (QED) is 0.665. The molecule has 0 aliphatic heterocycles. The van der Waals surface area contributed by atoms with Crippen molar-refractivity contribution in [3.63, 3.8) is 0 Å². The Labute approximate surface area is 74.2 Å². The zero-order valence-corrected chi connectivity index (χ0v) is 8.01. The van der Waals surface area contributed by atoms with Crippen molar-refractivity contribution in [2.45, 2.75) is 33.1 Å². The Morgan fingerprint density at radius 1 is 1.25 bits per heavy atom. The van der Waals surface area contributed by atoms with Gasteiger partial charge in [-0.05, 0) is 47.8 Å². The van der Waals surface area contributed by atoms with Crippen LogP contribution in [0, 0.1) is 28.6 Å². The van der Waals surface area contributed by atoms with E-state index in [1.165, 1.54) is 12.8 Å². The van der Waals surface area contributed by atoms with Gasteiger partial charge in [0.2, 0.25) is 0 Å². The molecule has 4 rings (SSSR count). The first-order valence-corrected chi connectivity index (χ1v) is 5.25. The highest BCUT2D eigenvalue weighted by atomic mass is 16.3. The largest absolute Gasteiger partial charge is 0.396 e. The Morgan fingerprint density at radius 2 is 1.83 bits per heavy atom. The van der Waals surface area contributed by atoms with Crippen LogP contribution in [0.25, 0.3) is 0 Å².